The predicted molar refractivity (Wildman–Crippen MR) is 124 cm³/mol. The lowest BCUT2D eigenvalue weighted by Crippen LogP contribution is -2.42. The SMILES string of the molecule is CC(=O)OC[C@H]1O[C@H](OCCCc2cn(C3=CC(=O)c4ccccc4C3=O)nn2)C=C[C@@H]1OC(C)=O. The number of aryl methyl sites for hydroxylation is 1. The number of carbonyl (C=O) groups excluding carboxylic acids is 4. The number of ketones is 2. The van der Waals surface area contributed by atoms with Crippen LogP contribution in [0.4, 0.5) is 0 Å². The van der Waals surface area contributed by atoms with Crippen LogP contribution in [0.15, 0.2) is 48.7 Å². The third-order valence-electron chi connectivity index (χ3n) is 5.47. The fraction of sp³-hybridized carbons (Fsp3) is 0.360. The van der Waals surface area contributed by atoms with Gasteiger partial charge < -0.3 is 18.9 Å². The lowest BCUT2D eigenvalue weighted by atomic mass is 9.93. The van der Waals surface area contributed by atoms with E-state index in [1.807, 2.05) is 0 Å². The molecule has 0 saturated heterocycles. The maximum Gasteiger partial charge on any atom is 0.303 e. The molecule has 1 aromatic heterocycles. The molecule has 4 rings (SSSR count). The van der Waals surface area contributed by atoms with Crippen molar-refractivity contribution in [1.82, 2.24) is 15.0 Å². The molecule has 2 heterocycles. The smallest absolute Gasteiger partial charge is 0.303 e. The van der Waals surface area contributed by atoms with E-state index in [-0.39, 0.29) is 23.9 Å². The van der Waals surface area contributed by atoms with Gasteiger partial charge in [-0.1, -0.05) is 29.5 Å². The fourth-order valence-electron chi connectivity index (χ4n) is 3.81. The summed E-state index contributed by atoms with van der Waals surface area (Å²) < 4.78 is 23.0. The van der Waals surface area contributed by atoms with Crippen LogP contribution >= 0.6 is 0 Å². The molecule has 0 fully saturated rings. The van der Waals surface area contributed by atoms with Gasteiger partial charge in [-0.15, -0.1) is 5.10 Å². The van der Waals surface area contributed by atoms with Crippen molar-refractivity contribution in [2.75, 3.05) is 13.2 Å². The average molecular weight is 495 g/mol. The molecule has 0 radical (unpaired) electrons. The molecule has 11 nitrogen and oxygen atoms in total. The Bertz CT molecular complexity index is 1230. The Morgan fingerprint density at radius 1 is 1.08 bits per heavy atom. The lowest BCUT2D eigenvalue weighted by molar-refractivity contribution is -0.197. The summed E-state index contributed by atoms with van der Waals surface area (Å²) in [5.74, 6) is -1.50. The topological polar surface area (TPSA) is 136 Å². The molecule has 36 heavy (non-hydrogen) atoms. The number of esters is 2. The Labute approximate surface area is 206 Å². The molecule has 11 heteroatoms. The molecular weight excluding hydrogens is 470 g/mol. The largest absolute Gasteiger partial charge is 0.463 e. The van der Waals surface area contributed by atoms with Gasteiger partial charge in [-0.3, -0.25) is 19.2 Å². The van der Waals surface area contributed by atoms with Crippen LogP contribution in [-0.4, -0.2) is 70.2 Å². The summed E-state index contributed by atoms with van der Waals surface area (Å²) >= 11 is 0. The minimum absolute atomic E-state index is 0.0812. The molecular formula is C25H25N3O8. The van der Waals surface area contributed by atoms with E-state index in [1.54, 1.807) is 42.6 Å². The quantitative estimate of drug-likeness (QED) is 0.288. The van der Waals surface area contributed by atoms with Crippen molar-refractivity contribution >= 4 is 29.2 Å². The van der Waals surface area contributed by atoms with Crippen LogP contribution < -0.4 is 0 Å². The highest BCUT2D eigenvalue weighted by atomic mass is 16.7. The summed E-state index contributed by atoms with van der Waals surface area (Å²) in [4.78, 5) is 47.6. The molecule has 0 N–H and O–H groups in total. The van der Waals surface area contributed by atoms with E-state index in [1.165, 1.54) is 24.6 Å². The first-order chi connectivity index (χ1) is 17.3. The number of aromatic nitrogens is 3. The van der Waals surface area contributed by atoms with E-state index in [0.717, 1.165) is 0 Å². The van der Waals surface area contributed by atoms with Gasteiger partial charge in [-0.25, -0.2) is 4.68 Å². The zero-order chi connectivity index (χ0) is 25.7. The van der Waals surface area contributed by atoms with Gasteiger partial charge in [0.1, 0.15) is 24.5 Å². The number of allylic oxidation sites excluding steroid dienone is 2. The van der Waals surface area contributed by atoms with Crippen molar-refractivity contribution in [3.8, 4) is 0 Å². The van der Waals surface area contributed by atoms with E-state index < -0.39 is 30.4 Å². The van der Waals surface area contributed by atoms with Crippen LogP contribution in [0.3, 0.4) is 0 Å². The Hall–Kier alpha value is -3.96. The number of nitrogens with zero attached hydrogens (tertiary/aromatic N) is 3. The second-order valence-electron chi connectivity index (χ2n) is 8.20. The summed E-state index contributed by atoms with van der Waals surface area (Å²) in [6.45, 7) is 2.80. The Morgan fingerprint density at radius 3 is 2.61 bits per heavy atom. The Kier molecular flexibility index (Phi) is 7.81. The lowest BCUT2D eigenvalue weighted by Gasteiger charge is -2.31. The van der Waals surface area contributed by atoms with Crippen LogP contribution in [0.2, 0.25) is 0 Å². The summed E-state index contributed by atoms with van der Waals surface area (Å²) in [6.07, 6.45) is 5.15. The zero-order valence-electron chi connectivity index (χ0n) is 19.8. The summed E-state index contributed by atoms with van der Waals surface area (Å²) in [7, 11) is 0. The number of Topliss-reactive ketones (excluding diaryl/α,β-unsaturated/α-hetero) is 1. The monoisotopic (exact) mass is 495 g/mol. The first-order valence-corrected chi connectivity index (χ1v) is 11.4. The third-order valence-corrected chi connectivity index (χ3v) is 5.47. The molecule has 1 aromatic carbocycles. The van der Waals surface area contributed by atoms with Crippen molar-refractivity contribution in [3.05, 3.63) is 65.5 Å². The highest BCUT2D eigenvalue weighted by molar-refractivity contribution is 6.35. The highest BCUT2D eigenvalue weighted by Crippen LogP contribution is 2.24. The molecule has 0 bridgehead atoms. The molecule has 0 unspecified atom stereocenters. The zero-order valence-corrected chi connectivity index (χ0v) is 19.8. The average Bonchev–Trinajstić information content (AvgIpc) is 3.32. The second kappa shape index (κ2) is 11.2. The van der Waals surface area contributed by atoms with Gasteiger partial charge in [-0.05, 0) is 25.0 Å². The van der Waals surface area contributed by atoms with Gasteiger partial charge in [0.15, 0.2) is 12.1 Å². The first kappa shape index (κ1) is 25.1. The summed E-state index contributed by atoms with van der Waals surface area (Å²) in [5.41, 5.74) is 1.49. The number of benzene rings is 1. The molecule has 1 aliphatic heterocycles. The minimum atomic E-state index is -0.704. The number of hydrogen-bond donors (Lipinski definition) is 0. The van der Waals surface area contributed by atoms with Gasteiger partial charge in [0, 0.05) is 31.1 Å². The van der Waals surface area contributed by atoms with Crippen molar-refractivity contribution in [2.45, 2.75) is 45.2 Å². The van der Waals surface area contributed by atoms with Crippen LogP contribution in [-0.2, 0) is 35.0 Å². The van der Waals surface area contributed by atoms with Crippen LogP contribution in [0.5, 0.6) is 0 Å². The van der Waals surface area contributed by atoms with E-state index >= 15 is 0 Å². The fourth-order valence-corrected chi connectivity index (χ4v) is 3.81. The van der Waals surface area contributed by atoms with Crippen molar-refractivity contribution < 1.29 is 38.1 Å². The minimum Gasteiger partial charge on any atom is -0.463 e. The molecule has 2 aromatic rings. The Balaban J connectivity index is 1.29. The van der Waals surface area contributed by atoms with E-state index in [4.69, 9.17) is 18.9 Å². The van der Waals surface area contributed by atoms with E-state index in [0.29, 0.717) is 36.3 Å². The van der Waals surface area contributed by atoms with Crippen molar-refractivity contribution in [3.63, 3.8) is 0 Å². The molecule has 3 atom stereocenters. The molecule has 1 aliphatic carbocycles. The summed E-state index contributed by atoms with van der Waals surface area (Å²) in [5, 5.41) is 8.10. The molecule has 0 saturated carbocycles. The highest BCUT2D eigenvalue weighted by Gasteiger charge is 2.31. The van der Waals surface area contributed by atoms with Gasteiger partial charge >= 0.3 is 11.9 Å². The van der Waals surface area contributed by atoms with E-state index in [2.05, 4.69) is 10.3 Å². The standard InChI is InChI=1S/C25H25N3O8/c1-15(29)34-14-23-22(35-16(2)30)9-10-24(36-23)33-11-5-6-17-13-28(27-26-17)20-12-21(31)18-7-3-4-8-19(18)25(20)32/h3-4,7-10,12-13,22-24H,5-6,11,14H2,1-2H3/t22-,23+,24-/m0/s1. The first-order valence-electron chi connectivity index (χ1n) is 11.4. The predicted octanol–water partition coefficient (Wildman–Crippen LogP) is 1.92. The molecule has 0 spiro atoms. The number of carbonyl (C=O) groups is 4. The maximum atomic E-state index is 12.8. The van der Waals surface area contributed by atoms with Gasteiger partial charge in [0.25, 0.3) is 0 Å². The number of ether oxygens (including phenoxy) is 4. The van der Waals surface area contributed by atoms with Crippen LogP contribution in [0, 0.1) is 0 Å². The molecule has 2 aliphatic rings. The Morgan fingerprint density at radius 2 is 1.86 bits per heavy atom. The summed E-state index contributed by atoms with van der Waals surface area (Å²) in [6, 6.07) is 6.66. The molecule has 188 valence electrons. The maximum absolute atomic E-state index is 12.8. The van der Waals surface area contributed by atoms with Crippen molar-refractivity contribution in [1.29, 1.82) is 0 Å². The molecule has 0 amide bonds. The van der Waals surface area contributed by atoms with Crippen LogP contribution in [0.1, 0.15) is 46.7 Å². The van der Waals surface area contributed by atoms with Gasteiger partial charge in [0.2, 0.25) is 5.78 Å². The number of fused-ring (bicyclic) bond motifs is 1. The van der Waals surface area contributed by atoms with Gasteiger partial charge in [0.05, 0.1) is 18.5 Å². The number of hydrogen-bond acceptors (Lipinski definition) is 10. The second-order valence-corrected chi connectivity index (χ2v) is 8.20. The van der Waals surface area contributed by atoms with Gasteiger partial charge in [-0.2, -0.15) is 0 Å². The van der Waals surface area contributed by atoms with Crippen LogP contribution in [0.25, 0.3) is 5.70 Å². The third kappa shape index (κ3) is 5.99. The van der Waals surface area contributed by atoms with Crippen molar-refractivity contribution in [2.24, 2.45) is 0 Å². The normalized spacial score (nSPS) is 21.1. The number of rotatable bonds is 9. The van der Waals surface area contributed by atoms with E-state index in [9.17, 15) is 19.2 Å².